The molecule has 0 bridgehead atoms. The summed E-state index contributed by atoms with van der Waals surface area (Å²) in [6.45, 7) is 1.92. The molecule has 6 heteroatoms. The zero-order chi connectivity index (χ0) is 16.3. The topological polar surface area (TPSA) is 75.6 Å². The van der Waals surface area contributed by atoms with Crippen LogP contribution in [0.15, 0.2) is 33.8 Å². The van der Waals surface area contributed by atoms with E-state index in [-0.39, 0.29) is 5.91 Å². The summed E-state index contributed by atoms with van der Waals surface area (Å²) in [5, 5.41) is 12.0. The number of allylic oxidation sites excluding steroid dienone is 1. The fraction of sp³-hybridized carbons (Fsp3) is 0.375. The van der Waals surface area contributed by atoms with Gasteiger partial charge < -0.3 is 15.2 Å². The molecule has 1 aliphatic rings. The highest BCUT2D eigenvalue weighted by Crippen LogP contribution is 2.29. The van der Waals surface area contributed by atoms with E-state index in [9.17, 15) is 14.7 Å². The number of nitrogens with one attached hydrogen (secondary N) is 1. The van der Waals surface area contributed by atoms with E-state index in [0.717, 1.165) is 18.4 Å². The third kappa shape index (κ3) is 3.50. The van der Waals surface area contributed by atoms with Gasteiger partial charge >= 0.3 is 5.97 Å². The van der Waals surface area contributed by atoms with Crippen molar-refractivity contribution < 1.29 is 19.4 Å². The molecular formula is C16H18BrNO4. The number of halogens is 1. The molecule has 0 saturated heterocycles. The molecule has 0 aromatic heterocycles. The molecular weight excluding hydrogens is 350 g/mol. The second-order valence-electron chi connectivity index (χ2n) is 5.25. The number of carbonyl (C=O) groups is 2. The molecule has 0 radical (unpaired) electrons. The summed E-state index contributed by atoms with van der Waals surface area (Å²) < 4.78 is 5.77. The van der Waals surface area contributed by atoms with Crippen molar-refractivity contribution in [1.82, 2.24) is 5.32 Å². The number of benzene rings is 1. The fourth-order valence-electron chi connectivity index (χ4n) is 2.57. The average Bonchev–Trinajstić information content (AvgIpc) is 2.90. The van der Waals surface area contributed by atoms with Gasteiger partial charge in [-0.2, -0.15) is 0 Å². The van der Waals surface area contributed by atoms with Gasteiger partial charge in [0.05, 0.1) is 11.6 Å². The van der Waals surface area contributed by atoms with Gasteiger partial charge in [-0.1, -0.05) is 11.6 Å². The standard InChI is InChI=1S/C16H18BrNO4/c1-9-4-3-5-11(9)15(19)18-14(16(20)21)10-6-7-13(22-2)12(17)8-10/h6-8,14H,3-5H2,1-2H3,(H,18,19)(H,20,21). The number of methoxy groups -OCH3 is 1. The number of carbonyl (C=O) groups excluding carboxylic acids is 1. The molecule has 118 valence electrons. The highest BCUT2D eigenvalue weighted by atomic mass is 79.9. The lowest BCUT2D eigenvalue weighted by molar-refractivity contribution is -0.141. The third-order valence-corrected chi connectivity index (χ3v) is 4.42. The third-order valence-electron chi connectivity index (χ3n) is 3.80. The highest BCUT2D eigenvalue weighted by molar-refractivity contribution is 9.10. The molecule has 22 heavy (non-hydrogen) atoms. The van der Waals surface area contributed by atoms with Gasteiger partial charge in [-0.3, -0.25) is 4.79 Å². The van der Waals surface area contributed by atoms with Crippen LogP contribution in [-0.4, -0.2) is 24.1 Å². The first-order valence-electron chi connectivity index (χ1n) is 6.99. The fourth-order valence-corrected chi connectivity index (χ4v) is 3.13. The largest absolute Gasteiger partial charge is 0.496 e. The summed E-state index contributed by atoms with van der Waals surface area (Å²) in [6, 6.07) is 3.86. The van der Waals surface area contributed by atoms with E-state index in [1.54, 1.807) is 18.2 Å². The number of rotatable bonds is 5. The normalized spacial score (nSPS) is 15.6. The summed E-state index contributed by atoms with van der Waals surface area (Å²) in [7, 11) is 1.53. The van der Waals surface area contributed by atoms with Gasteiger partial charge in [-0.25, -0.2) is 4.79 Å². The smallest absolute Gasteiger partial charge is 0.330 e. The Morgan fingerprint density at radius 1 is 1.36 bits per heavy atom. The van der Waals surface area contributed by atoms with E-state index in [0.29, 0.717) is 27.8 Å². The number of aliphatic carboxylic acids is 1. The van der Waals surface area contributed by atoms with E-state index in [1.165, 1.54) is 7.11 Å². The van der Waals surface area contributed by atoms with Crippen molar-refractivity contribution in [3.05, 3.63) is 39.4 Å². The number of carboxylic acid groups (broad SMARTS) is 1. The Morgan fingerprint density at radius 2 is 2.09 bits per heavy atom. The Hall–Kier alpha value is -1.82. The summed E-state index contributed by atoms with van der Waals surface area (Å²) in [5.41, 5.74) is 2.24. The van der Waals surface area contributed by atoms with Crippen LogP contribution in [0.25, 0.3) is 0 Å². The van der Waals surface area contributed by atoms with Gasteiger partial charge in [0, 0.05) is 5.57 Å². The maximum atomic E-state index is 12.3. The molecule has 1 aromatic rings. The van der Waals surface area contributed by atoms with Crippen molar-refractivity contribution in [2.75, 3.05) is 7.11 Å². The molecule has 0 spiro atoms. The van der Waals surface area contributed by atoms with Gasteiger partial charge in [-0.15, -0.1) is 0 Å². The molecule has 5 nitrogen and oxygen atoms in total. The zero-order valence-electron chi connectivity index (χ0n) is 12.5. The Morgan fingerprint density at radius 3 is 2.59 bits per heavy atom. The molecule has 2 N–H and O–H groups in total. The Bertz CT molecular complexity index is 639. The number of hydrogen-bond donors (Lipinski definition) is 2. The van der Waals surface area contributed by atoms with Crippen LogP contribution in [0, 0.1) is 0 Å². The number of ether oxygens (including phenoxy) is 1. The molecule has 0 fully saturated rings. The molecule has 0 saturated carbocycles. The number of amides is 1. The molecule has 1 unspecified atom stereocenters. The van der Waals surface area contributed by atoms with Crippen LogP contribution in [0.3, 0.4) is 0 Å². The summed E-state index contributed by atoms with van der Waals surface area (Å²) >= 11 is 3.33. The molecule has 1 amide bonds. The maximum absolute atomic E-state index is 12.3. The van der Waals surface area contributed by atoms with E-state index < -0.39 is 12.0 Å². The van der Waals surface area contributed by atoms with Crippen molar-refractivity contribution in [2.45, 2.75) is 32.2 Å². The first kappa shape index (κ1) is 16.5. The average molecular weight is 368 g/mol. The van der Waals surface area contributed by atoms with Crippen molar-refractivity contribution in [1.29, 1.82) is 0 Å². The lowest BCUT2D eigenvalue weighted by Gasteiger charge is -2.17. The lowest BCUT2D eigenvalue weighted by atomic mass is 10.1. The van der Waals surface area contributed by atoms with Crippen LogP contribution < -0.4 is 10.1 Å². The maximum Gasteiger partial charge on any atom is 0.330 e. The summed E-state index contributed by atoms with van der Waals surface area (Å²) in [4.78, 5) is 23.8. The van der Waals surface area contributed by atoms with Crippen LogP contribution >= 0.6 is 15.9 Å². The Balaban J connectivity index is 2.24. The monoisotopic (exact) mass is 367 g/mol. The predicted molar refractivity (Wildman–Crippen MR) is 85.8 cm³/mol. The van der Waals surface area contributed by atoms with Crippen LogP contribution in [0.1, 0.15) is 37.8 Å². The number of hydrogen-bond acceptors (Lipinski definition) is 3. The van der Waals surface area contributed by atoms with Crippen molar-refractivity contribution in [3.8, 4) is 5.75 Å². The van der Waals surface area contributed by atoms with Gasteiger partial charge in [-0.05, 0) is 59.8 Å². The lowest BCUT2D eigenvalue weighted by Crippen LogP contribution is -2.34. The van der Waals surface area contributed by atoms with Gasteiger partial charge in [0.1, 0.15) is 5.75 Å². The van der Waals surface area contributed by atoms with Crippen LogP contribution in [-0.2, 0) is 9.59 Å². The first-order valence-corrected chi connectivity index (χ1v) is 7.79. The van der Waals surface area contributed by atoms with Crippen LogP contribution in [0.5, 0.6) is 5.75 Å². The molecule has 2 rings (SSSR count). The van der Waals surface area contributed by atoms with Crippen LogP contribution in [0.2, 0.25) is 0 Å². The molecule has 1 atom stereocenters. The highest BCUT2D eigenvalue weighted by Gasteiger charge is 2.26. The molecule has 0 aliphatic heterocycles. The van der Waals surface area contributed by atoms with E-state index in [2.05, 4.69) is 21.2 Å². The van der Waals surface area contributed by atoms with Crippen molar-refractivity contribution in [3.63, 3.8) is 0 Å². The van der Waals surface area contributed by atoms with E-state index in [4.69, 9.17) is 4.74 Å². The van der Waals surface area contributed by atoms with E-state index >= 15 is 0 Å². The number of carboxylic acids is 1. The van der Waals surface area contributed by atoms with E-state index in [1.807, 2.05) is 6.92 Å². The van der Waals surface area contributed by atoms with Crippen molar-refractivity contribution >= 4 is 27.8 Å². The van der Waals surface area contributed by atoms with Crippen LogP contribution in [0.4, 0.5) is 0 Å². The van der Waals surface area contributed by atoms with Crippen molar-refractivity contribution in [2.24, 2.45) is 0 Å². The second kappa shape index (κ2) is 6.96. The molecule has 0 heterocycles. The summed E-state index contributed by atoms with van der Waals surface area (Å²) in [6.07, 6.45) is 2.55. The minimum absolute atomic E-state index is 0.297. The Labute approximate surface area is 137 Å². The molecule has 1 aromatic carbocycles. The summed E-state index contributed by atoms with van der Waals surface area (Å²) in [5.74, 6) is -0.787. The van der Waals surface area contributed by atoms with Gasteiger partial charge in [0.15, 0.2) is 6.04 Å². The second-order valence-corrected chi connectivity index (χ2v) is 6.11. The minimum Gasteiger partial charge on any atom is -0.496 e. The zero-order valence-corrected chi connectivity index (χ0v) is 14.1. The quantitative estimate of drug-likeness (QED) is 0.837. The minimum atomic E-state index is -1.10. The Kier molecular flexibility index (Phi) is 5.24. The van der Waals surface area contributed by atoms with Gasteiger partial charge in [0.25, 0.3) is 0 Å². The SMILES string of the molecule is COc1ccc(C(NC(=O)C2=C(C)CCC2)C(=O)O)cc1Br. The molecule has 1 aliphatic carbocycles. The predicted octanol–water partition coefficient (Wildman–Crippen LogP) is 3.20. The van der Waals surface area contributed by atoms with Gasteiger partial charge in [0.2, 0.25) is 5.91 Å². The first-order chi connectivity index (χ1) is 10.4.